The molecule has 1 aliphatic rings. The summed E-state index contributed by atoms with van der Waals surface area (Å²) in [4.78, 5) is 14.8. The summed E-state index contributed by atoms with van der Waals surface area (Å²) in [7, 11) is 0. The van der Waals surface area contributed by atoms with Gasteiger partial charge in [-0.3, -0.25) is 4.79 Å². The van der Waals surface area contributed by atoms with Crippen LogP contribution in [0.2, 0.25) is 0 Å². The van der Waals surface area contributed by atoms with Crippen LogP contribution in [0.15, 0.2) is 36.5 Å². The molecule has 3 rings (SSSR count). The lowest BCUT2D eigenvalue weighted by molar-refractivity contribution is -0.115. The Kier molecular flexibility index (Phi) is 5.41. The highest BCUT2D eigenvalue weighted by molar-refractivity contribution is 5.93. The third-order valence-corrected chi connectivity index (χ3v) is 4.91. The fourth-order valence-corrected chi connectivity index (χ4v) is 3.50. The molecule has 0 atom stereocenters. The van der Waals surface area contributed by atoms with Gasteiger partial charge in [-0.15, -0.1) is 0 Å². The van der Waals surface area contributed by atoms with Gasteiger partial charge in [0.25, 0.3) is 0 Å². The van der Waals surface area contributed by atoms with E-state index in [1.54, 1.807) is 6.20 Å². The SMILES string of the molecule is Cc1ccc(N(CC(=O)Nc2ccnn2C2CCCC2)C(C)C)cc1. The maximum Gasteiger partial charge on any atom is 0.245 e. The second-order valence-electron chi connectivity index (χ2n) is 7.20. The molecule has 0 bridgehead atoms. The Hall–Kier alpha value is -2.30. The number of carbonyl (C=O) groups is 1. The van der Waals surface area contributed by atoms with Crippen molar-refractivity contribution in [1.82, 2.24) is 9.78 Å². The molecule has 0 saturated heterocycles. The average molecular weight is 340 g/mol. The monoisotopic (exact) mass is 340 g/mol. The minimum atomic E-state index is -0.00554. The molecule has 1 aromatic carbocycles. The number of nitrogens with zero attached hydrogens (tertiary/aromatic N) is 3. The Balaban J connectivity index is 1.68. The van der Waals surface area contributed by atoms with E-state index in [1.165, 1.54) is 18.4 Å². The molecule has 1 fully saturated rings. The molecule has 134 valence electrons. The summed E-state index contributed by atoms with van der Waals surface area (Å²) in [5, 5.41) is 7.48. The van der Waals surface area contributed by atoms with Crippen molar-refractivity contribution in [3.05, 3.63) is 42.1 Å². The molecule has 1 heterocycles. The average Bonchev–Trinajstić information content (AvgIpc) is 3.24. The van der Waals surface area contributed by atoms with Crippen LogP contribution in [-0.2, 0) is 4.79 Å². The molecule has 25 heavy (non-hydrogen) atoms. The molecule has 0 radical (unpaired) electrons. The maximum absolute atomic E-state index is 12.6. The number of anilines is 2. The third kappa shape index (κ3) is 4.21. The number of aryl methyl sites for hydroxylation is 1. The summed E-state index contributed by atoms with van der Waals surface area (Å²) in [6, 6.07) is 10.9. The van der Waals surface area contributed by atoms with E-state index in [0.717, 1.165) is 24.3 Å². The van der Waals surface area contributed by atoms with E-state index in [9.17, 15) is 4.79 Å². The molecule has 0 unspecified atom stereocenters. The Morgan fingerprint density at radius 3 is 2.56 bits per heavy atom. The fourth-order valence-electron chi connectivity index (χ4n) is 3.50. The van der Waals surface area contributed by atoms with Gasteiger partial charge in [0.2, 0.25) is 5.91 Å². The molecule has 1 aromatic heterocycles. The van der Waals surface area contributed by atoms with E-state index in [4.69, 9.17) is 0 Å². The number of nitrogens with one attached hydrogen (secondary N) is 1. The van der Waals surface area contributed by atoms with Crippen molar-refractivity contribution in [2.45, 2.75) is 58.5 Å². The summed E-state index contributed by atoms with van der Waals surface area (Å²) < 4.78 is 1.98. The number of benzene rings is 1. The lowest BCUT2D eigenvalue weighted by Crippen LogP contribution is -2.38. The summed E-state index contributed by atoms with van der Waals surface area (Å²) in [6.07, 6.45) is 6.55. The molecule has 0 aliphatic heterocycles. The van der Waals surface area contributed by atoms with Gasteiger partial charge >= 0.3 is 0 Å². The molecule has 1 amide bonds. The largest absolute Gasteiger partial charge is 0.360 e. The predicted octanol–water partition coefficient (Wildman–Crippen LogP) is 4.16. The van der Waals surface area contributed by atoms with Crippen molar-refractivity contribution in [3.8, 4) is 0 Å². The lowest BCUT2D eigenvalue weighted by Gasteiger charge is -2.28. The predicted molar refractivity (Wildman–Crippen MR) is 102 cm³/mol. The summed E-state index contributed by atoms with van der Waals surface area (Å²) in [6.45, 7) is 6.61. The Labute approximate surface area is 150 Å². The number of amides is 1. The van der Waals surface area contributed by atoms with E-state index in [2.05, 4.69) is 60.4 Å². The topological polar surface area (TPSA) is 50.2 Å². The maximum atomic E-state index is 12.6. The number of hydrogen-bond acceptors (Lipinski definition) is 3. The van der Waals surface area contributed by atoms with Crippen LogP contribution in [0.5, 0.6) is 0 Å². The zero-order chi connectivity index (χ0) is 17.8. The van der Waals surface area contributed by atoms with Crippen molar-refractivity contribution in [2.24, 2.45) is 0 Å². The van der Waals surface area contributed by atoms with Gasteiger partial charge in [-0.1, -0.05) is 30.5 Å². The second kappa shape index (κ2) is 7.72. The van der Waals surface area contributed by atoms with Gasteiger partial charge in [0.05, 0.1) is 18.8 Å². The van der Waals surface area contributed by atoms with E-state index >= 15 is 0 Å². The van der Waals surface area contributed by atoms with E-state index in [0.29, 0.717) is 12.6 Å². The van der Waals surface area contributed by atoms with Gasteiger partial charge < -0.3 is 10.2 Å². The summed E-state index contributed by atoms with van der Waals surface area (Å²) >= 11 is 0. The Morgan fingerprint density at radius 1 is 1.24 bits per heavy atom. The van der Waals surface area contributed by atoms with Crippen molar-refractivity contribution < 1.29 is 4.79 Å². The van der Waals surface area contributed by atoms with Gasteiger partial charge in [-0.2, -0.15) is 5.10 Å². The summed E-state index contributed by atoms with van der Waals surface area (Å²) in [5.41, 5.74) is 2.29. The smallest absolute Gasteiger partial charge is 0.245 e. The van der Waals surface area contributed by atoms with Gasteiger partial charge in [0.15, 0.2) is 0 Å². The molecule has 5 nitrogen and oxygen atoms in total. The normalized spacial score (nSPS) is 14.9. The molecule has 1 saturated carbocycles. The minimum absolute atomic E-state index is 0.00554. The third-order valence-electron chi connectivity index (χ3n) is 4.91. The number of hydrogen-bond donors (Lipinski definition) is 1. The molecular formula is C20H28N4O. The molecule has 1 N–H and O–H groups in total. The van der Waals surface area contributed by atoms with E-state index in [1.807, 2.05) is 10.7 Å². The Bertz CT molecular complexity index is 699. The minimum Gasteiger partial charge on any atom is -0.360 e. The first-order valence-electron chi connectivity index (χ1n) is 9.21. The zero-order valence-corrected chi connectivity index (χ0v) is 15.4. The first-order valence-corrected chi connectivity index (χ1v) is 9.21. The molecule has 2 aromatic rings. The fraction of sp³-hybridized carbons (Fsp3) is 0.500. The van der Waals surface area contributed by atoms with E-state index < -0.39 is 0 Å². The highest BCUT2D eigenvalue weighted by atomic mass is 16.2. The van der Waals surface area contributed by atoms with Crippen LogP contribution < -0.4 is 10.2 Å². The summed E-state index contributed by atoms with van der Waals surface area (Å²) in [5.74, 6) is 0.804. The standard InChI is InChI=1S/C20H28N4O/c1-15(2)23(17-10-8-16(3)9-11-17)14-20(25)22-19-12-13-21-24(19)18-6-4-5-7-18/h8-13,15,18H,4-7,14H2,1-3H3,(H,22,25). The highest BCUT2D eigenvalue weighted by Crippen LogP contribution is 2.31. The van der Waals surface area contributed by atoms with Crippen LogP contribution in [-0.4, -0.2) is 28.3 Å². The molecule has 5 heteroatoms. The number of rotatable bonds is 6. The van der Waals surface area contributed by atoms with Crippen molar-refractivity contribution in [2.75, 3.05) is 16.8 Å². The zero-order valence-electron chi connectivity index (χ0n) is 15.4. The van der Waals surface area contributed by atoms with Gasteiger partial charge in [0, 0.05) is 17.8 Å². The van der Waals surface area contributed by atoms with Crippen LogP contribution in [0.3, 0.4) is 0 Å². The number of aromatic nitrogens is 2. The lowest BCUT2D eigenvalue weighted by atomic mass is 10.2. The molecule has 1 aliphatic carbocycles. The molecular weight excluding hydrogens is 312 g/mol. The van der Waals surface area contributed by atoms with Crippen LogP contribution in [0.25, 0.3) is 0 Å². The van der Waals surface area contributed by atoms with Crippen LogP contribution >= 0.6 is 0 Å². The van der Waals surface area contributed by atoms with Crippen LogP contribution in [0.4, 0.5) is 11.5 Å². The van der Waals surface area contributed by atoms with Crippen LogP contribution in [0, 0.1) is 6.92 Å². The molecule has 0 spiro atoms. The first kappa shape index (κ1) is 17.5. The van der Waals surface area contributed by atoms with Crippen molar-refractivity contribution >= 4 is 17.4 Å². The van der Waals surface area contributed by atoms with E-state index in [-0.39, 0.29) is 11.9 Å². The van der Waals surface area contributed by atoms with Gasteiger partial charge in [-0.05, 0) is 45.7 Å². The van der Waals surface area contributed by atoms with Gasteiger partial charge in [-0.25, -0.2) is 4.68 Å². The Morgan fingerprint density at radius 2 is 1.92 bits per heavy atom. The van der Waals surface area contributed by atoms with Crippen molar-refractivity contribution in [3.63, 3.8) is 0 Å². The van der Waals surface area contributed by atoms with Gasteiger partial charge in [0.1, 0.15) is 5.82 Å². The van der Waals surface area contributed by atoms with Crippen molar-refractivity contribution in [1.29, 1.82) is 0 Å². The second-order valence-corrected chi connectivity index (χ2v) is 7.20. The van der Waals surface area contributed by atoms with Crippen LogP contribution in [0.1, 0.15) is 51.1 Å². The first-order chi connectivity index (χ1) is 12.0. The number of carbonyl (C=O) groups excluding carboxylic acids is 1. The highest BCUT2D eigenvalue weighted by Gasteiger charge is 2.21. The quantitative estimate of drug-likeness (QED) is 0.859.